The van der Waals surface area contributed by atoms with Gasteiger partial charge in [-0.05, 0) is 42.8 Å². The van der Waals surface area contributed by atoms with E-state index in [2.05, 4.69) is 9.64 Å². The van der Waals surface area contributed by atoms with E-state index in [0.717, 1.165) is 5.56 Å². The van der Waals surface area contributed by atoms with E-state index in [4.69, 9.17) is 16.3 Å². The third-order valence-electron chi connectivity index (χ3n) is 4.78. The molecule has 0 atom stereocenters. The van der Waals surface area contributed by atoms with Crippen molar-refractivity contribution >= 4 is 17.5 Å². The summed E-state index contributed by atoms with van der Waals surface area (Å²) in [6.07, 6.45) is 0. The van der Waals surface area contributed by atoms with Gasteiger partial charge in [0.25, 0.3) is 5.91 Å². The van der Waals surface area contributed by atoms with Crippen LogP contribution in [0.4, 0.5) is 13.2 Å². The summed E-state index contributed by atoms with van der Waals surface area (Å²) in [5.41, 5.74) is 1.17. The normalized spacial score (nSPS) is 14.8. The maximum absolute atomic E-state index is 13.2. The molecule has 0 unspecified atom stereocenters. The van der Waals surface area contributed by atoms with Crippen molar-refractivity contribution in [2.45, 2.75) is 20.1 Å². The summed E-state index contributed by atoms with van der Waals surface area (Å²) < 4.78 is 48.1. The number of benzene rings is 2. The van der Waals surface area contributed by atoms with Gasteiger partial charge in [0.15, 0.2) is 11.5 Å². The third kappa shape index (κ3) is 5.58. The molecule has 162 valence electrons. The lowest BCUT2D eigenvalue weighted by Crippen LogP contribution is -2.48. The molecule has 1 aliphatic heterocycles. The summed E-state index contributed by atoms with van der Waals surface area (Å²) in [7, 11) is 0. The number of hydrogen-bond donors (Lipinski definition) is 0. The molecule has 0 aliphatic carbocycles. The van der Waals surface area contributed by atoms with Crippen LogP contribution in [0, 0.1) is 5.82 Å². The van der Waals surface area contributed by atoms with Crippen molar-refractivity contribution in [1.82, 2.24) is 9.80 Å². The molecule has 0 spiro atoms. The van der Waals surface area contributed by atoms with Crippen LogP contribution in [0.15, 0.2) is 36.4 Å². The van der Waals surface area contributed by atoms with E-state index in [0.29, 0.717) is 43.3 Å². The molecule has 3 rings (SSSR count). The molecule has 1 heterocycles. The molecule has 2 aromatic carbocycles. The lowest BCUT2D eigenvalue weighted by Gasteiger charge is -2.35. The highest BCUT2D eigenvalue weighted by Gasteiger charge is 2.24. The predicted molar refractivity (Wildman–Crippen MR) is 107 cm³/mol. The number of alkyl halides is 2. The van der Waals surface area contributed by atoms with Gasteiger partial charge in [0.1, 0.15) is 5.82 Å². The summed E-state index contributed by atoms with van der Waals surface area (Å²) in [5, 5.41) is 0.378. The molecular weight excluding hydrogens is 421 g/mol. The van der Waals surface area contributed by atoms with Crippen LogP contribution in [-0.4, -0.2) is 55.1 Å². The summed E-state index contributed by atoms with van der Waals surface area (Å²) in [6.45, 7) is 1.81. The number of hydrogen-bond acceptors (Lipinski definition) is 4. The van der Waals surface area contributed by atoms with Gasteiger partial charge in [0.05, 0.1) is 6.61 Å². The fourth-order valence-corrected chi connectivity index (χ4v) is 3.51. The molecule has 9 heteroatoms. The molecule has 30 heavy (non-hydrogen) atoms. The molecule has 5 nitrogen and oxygen atoms in total. The van der Waals surface area contributed by atoms with Crippen LogP contribution in [0.3, 0.4) is 0 Å². The van der Waals surface area contributed by atoms with Crippen molar-refractivity contribution in [1.29, 1.82) is 0 Å². The maximum Gasteiger partial charge on any atom is 0.387 e. The zero-order chi connectivity index (χ0) is 21.7. The van der Waals surface area contributed by atoms with Gasteiger partial charge in [-0.1, -0.05) is 17.7 Å². The van der Waals surface area contributed by atoms with Crippen LogP contribution >= 0.6 is 11.6 Å². The molecule has 0 saturated carbocycles. The van der Waals surface area contributed by atoms with Crippen molar-refractivity contribution in [2.75, 3.05) is 32.8 Å². The minimum absolute atomic E-state index is 0.105. The maximum atomic E-state index is 13.2. The first-order chi connectivity index (χ1) is 14.4. The molecule has 1 saturated heterocycles. The van der Waals surface area contributed by atoms with E-state index in [-0.39, 0.29) is 29.8 Å². The van der Waals surface area contributed by atoms with Crippen LogP contribution in [0.2, 0.25) is 5.02 Å². The Bertz CT molecular complexity index is 890. The molecule has 1 aliphatic rings. The molecule has 0 bridgehead atoms. The molecule has 0 radical (unpaired) electrons. The second-order valence-electron chi connectivity index (χ2n) is 6.78. The number of rotatable bonds is 7. The number of carbonyl (C=O) groups excluding carboxylic acids is 1. The molecule has 1 amide bonds. The Hall–Kier alpha value is -2.45. The third-order valence-corrected chi connectivity index (χ3v) is 5.13. The average Bonchev–Trinajstić information content (AvgIpc) is 2.71. The van der Waals surface area contributed by atoms with Gasteiger partial charge in [0, 0.05) is 43.3 Å². The second-order valence-corrected chi connectivity index (χ2v) is 7.18. The van der Waals surface area contributed by atoms with Gasteiger partial charge in [-0.2, -0.15) is 8.78 Å². The summed E-state index contributed by atoms with van der Waals surface area (Å²) in [6, 6.07) is 8.51. The van der Waals surface area contributed by atoms with Crippen molar-refractivity contribution in [2.24, 2.45) is 0 Å². The van der Waals surface area contributed by atoms with E-state index >= 15 is 0 Å². The minimum Gasteiger partial charge on any atom is -0.490 e. The van der Waals surface area contributed by atoms with E-state index in [9.17, 15) is 18.0 Å². The quantitative estimate of drug-likeness (QED) is 0.636. The van der Waals surface area contributed by atoms with Crippen LogP contribution in [0.25, 0.3) is 0 Å². The van der Waals surface area contributed by atoms with Crippen molar-refractivity contribution < 1.29 is 27.4 Å². The average molecular weight is 443 g/mol. The zero-order valence-corrected chi connectivity index (χ0v) is 17.2. The van der Waals surface area contributed by atoms with Gasteiger partial charge < -0.3 is 14.4 Å². The second kappa shape index (κ2) is 10.0. The first-order valence-electron chi connectivity index (χ1n) is 9.54. The smallest absolute Gasteiger partial charge is 0.387 e. The number of carbonyl (C=O) groups is 1. The Balaban J connectivity index is 1.62. The van der Waals surface area contributed by atoms with Crippen molar-refractivity contribution in [3.8, 4) is 11.5 Å². The number of nitrogens with zero attached hydrogens (tertiary/aromatic N) is 2. The standard InChI is InChI=1S/C21H22ClF3N2O3/c1-2-29-19-11-14(4-6-18(19)30-21(24)25)20(28)27-9-7-26(8-10-27)13-15-3-5-16(23)12-17(15)22/h3-6,11-12,21H,2,7-10,13H2,1H3. The Morgan fingerprint density at radius 1 is 1.10 bits per heavy atom. The van der Waals surface area contributed by atoms with Crippen LogP contribution in [0.1, 0.15) is 22.8 Å². The molecular formula is C21H22ClF3N2O3. The Morgan fingerprint density at radius 2 is 1.83 bits per heavy atom. The summed E-state index contributed by atoms with van der Waals surface area (Å²) in [5.74, 6) is -0.591. The van der Waals surface area contributed by atoms with Gasteiger partial charge in [-0.15, -0.1) is 0 Å². The predicted octanol–water partition coefficient (Wildman–Crippen LogP) is 4.44. The molecule has 0 N–H and O–H groups in total. The molecule has 2 aromatic rings. The zero-order valence-electron chi connectivity index (χ0n) is 16.4. The van der Waals surface area contributed by atoms with E-state index < -0.39 is 6.61 Å². The lowest BCUT2D eigenvalue weighted by atomic mass is 10.1. The highest BCUT2D eigenvalue weighted by molar-refractivity contribution is 6.31. The summed E-state index contributed by atoms with van der Waals surface area (Å²) in [4.78, 5) is 16.7. The number of halogens is 4. The van der Waals surface area contributed by atoms with E-state index in [1.165, 1.54) is 30.3 Å². The Morgan fingerprint density at radius 3 is 2.47 bits per heavy atom. The number of ether oxygens (including phenoxy) is 2. The molecule has 1 fully saturated rings. The van der Waals surface area contributed by atoms with Gasteiger partial charge in [0.2, 0.25) is 0 Å². The highest BCUT2D eigenvalue weighted by atomic mass is 35.5. The summed E-state index contributed by atoms with van der Waals surface area (Å²) >= 11 is 6.09. The fourth-order valence-electron chi connectivity index (χ4n) is 3.29. The Labute approximate surface area is 177 Å². The number of amides is 1. The van der Waals surface area contributed by atoms with Crippen molar-refractivity contribution in [3.63, 3.8) is 0 Å². The van der Waals surface area contributed by atoms with E-state index in [1.54, 1.807) is 17.9 Å². The van der Waals surface area contributed by atoms with Crippen LogP contribution < -0.4 is 9.47 Å². The van der Waals surface area contributed by atoms with Crippen molar-refractivity contribution in [3.05, 3.63) is 58.4 Å². The fraction of sp³-hybridized carbons (Fsp3) is 0.381. The Kier molecular flexibility index (Phi) is 7.44. The highest BCUT2D eigenvalue weighted by Crippen LogP contribution is 2.30. The largest absolute Gasteiger partial charge is 0.490 e. The minimum atomic E-state index is -2.98. The first kappa shape index (κ1) is 22.2. The lowest BCUT2D eigenvalue weighted by molar-refractivity contribution is -0.0514. The van der Waals surface area contributed by atoms with Gasteiger partial charge in [-0.25, -0.2) is 4.39 Å². The first-order valence-corrected chi connectivity index (χ1v) is 9.92. The monoisotopic (exact) mass is 442 g/mol. The molecule has 0 aromatic heterocycles. The van der Waals surface area contributed by atoms with Gasteiger partial charge >= 0.3 is 6.61 Å². The SMILES string of the molecule is CCOc1cc(C(=O)N2CCN(Cc3ccc(F)cc3Cl)CC2)ccc1OC(F)F. The van der Waals surface area contributed by atoms with Crippen LogP contribution in [-0.2, 0) is 6.54 Å². The van der Waals surface area contributed by atoms with E-state index in [1.807, 2.05) is 0 Å². The van der Waals surface area contributed by atoms with Gasteiger partial charge in [-0.3, -0.25) is 9.69 Å². The number of piperazine rings is 1. The topological polar surface area (TPSA) is 42.0 Å². The van der Waals surface area contributed by atoms with Crippen LogP contribution in [0.5, 0.6) is 11.5 Å².